The minimum absolute atomic E-state index is 0.0266. The number of pyridine rings is 1. The molecule has 1 N–H and O–H groups in total. The maximum Gasteiger partial charge on any atom is 0.243 e. The van der Waals surface area contributed by atoms with Gasteiger partial charge in [0.25, 0.3) is 0 Å². The standard InChI is InChI=1S/C14H19N3O2/c1-11(18)17-8-3-2-6-13(17)14(19)16-10-12-5-4-7-15-9-12/h4-5,7,9,13H,2-3,6,8,10H2,1H3,(H,16,19). The average Bonchev–Trinajstić information content (AvgIpc) is 2.46. The average molecular weight is 261 g/mol. The van der Waals surface area contributed by atoms with Crippen molar-refractivity contribution >= 4 is 11.8 Å². The van der Waals surface area contributed by atoms with Crippen LogP contribution in [-0.2, 0) is 16.1 Å². The molecule has 2 amide bonds. The molecule has 19 heavy (non-hydrogen) atoms. The molecule has 1 saturated heterocycles. The Morgan fingerprint density at radius 1 is 1.47 bits per heavy atom. The maximum atomic E-state index is 12.2. The molecular weight excluding hydrogens is 242 g/mol. The summed E-state index contributed by atoms with van der Waals surface area (Å²) in [5.74, 6) is -0.0972. The molecule has 1 aromatic rings. The van der Waals surface area contributed by atoms with E-state index in [1.165, 1.54) is 6.92 Å². The lowest BCUT2D eigenvalue weighted by molar-refractivity contribution is -0.140. The number of rotatable bonds is 3. The Balaban J connectivity index is 1.93. The van der Waals surface area contributed by atoms with E-state index in [0.717, 1.165) is 24.8 Å². The number of amides is 2. The van der Waals surface area contributed by atoms with E-state index in [-0.39, 0.29) is 17.9 Å². The molecule has 1 unspecified atom stereocenters. The Kier molecular flexibility index (Phi) is 4.49. The van der Waals surface area contributed by atoms with Crippen LogP contribution in [0.4, 0.5) is 0 Å². The first-order valence-corrected chi connectivity index (χ1v) is 6.62. The van der Waals surface area contributed by atoms with Crippen LogP contribution in [0.2, 0.25) is 0 Å². The van der Waals surface area contributed by atoms with Crippen LogP contribution in [-0.4, -0.2) is 34.3 Å². The summed E-state index contributed by atoms with van der Waals surface area (Å²) in [5.41, 5.74) is 0.959. The molecule has 1 aliphatic heterocycles. The van der Waals surface area contributed by atoms with Crippen LogP contribution in [0, 0.1) is 0 Å². The molecule has 2 heterocycles. The number of aromatic nitrogens is 1. The Labute approximate surface area is 113 Å². The minimum Gasteiger partial charge on any atom is -0.350 e. The first-order chi connectivity index (χ1) is 9.18. The molecule has 1 fully saturated rings. The third-order valence-electron chi connectivity index (χ3n) is 3.40. The summed E-state index contributed by atoms with van der Waals surface area (Å²) in [6, 6.07) is 3.43. The molecule has 1 aromatic heterocycles. The number of hydrogen-bond acceptors (Lipinski definition) is 3. The first-order valence-electron chi connectivity index (χ1n) is 6.62. The second-order valence-electron chi connectivity index (χ2n) is 4.80. The topological polar surface area (TPSA) is 62.3 Å². The van der Waals surface area contributed by atoms with Crippen molar-refractivity contribution in [3.8, 4) is 0 Å². The third kappa shape index (κ3) is 3.53. The molecule has 5 nitrogen and oxygen atoms in total. The second kappa shape index (κ2) is 6.31. The fourth-order valence-corrected chi connectivity index (χ4v) is 2.39. The number of nitrogens with one attached hydrogen (secondary N) is 1. The lowest BCUT2D eigenvalue weighted by atomic mass is 10.0. The molecule has 0 aliphatic carbocycles. The molecule has 0 spiro atoms. The van der Waals surface area contributed by atoms with Gasteiger partial charge in [-0.2, -0.15) is 0 Å². The molecule has 2 rings (SSSR count). The monoisotopic (exact) mass is 261 g/mol. The quantitative estimate of drug-likeness (QED) is 0.886. The Bertz CT molecular complexity index is 447. The van der Waals surface area contributed by atoms with Crippen LogP contribution >= 0.6 is 0 Å². The maximum absolute atomic E-state index is 12.2. The Morgan fingerprint density at radius 2 is 2.32 bits per heavy atom. The van der Waals surface area contributed by atoms with Gasteiger partial charge in [0.2, 0.25) is 11.8 Å². The third-order valence-corrected chi connectivity index (χ3v) is 3.40. The van der Waals surface area contributed by atoms with E-state index >= 15 is 0 Å². The fourth-order valence-electron chi connectivity index (χ4n) is 2.39. The molecule has 1 aliphatic rings. The van der Waals surface area contributed by atoms with Crippen molar-refractivity contribution in [1.29, 1.82) is 0 Å². The molecular formula is C14H19N3O2. The van der Waals surface area contributed by atoms with Crippen LogP contribution < -0.4 is 5.32 Å². The second-order valence-corrected chi connectivity index (χ2v) is 4.80. The van der Waals surface area contributed by atoms with Crippen molar-refractivity contribution in [2.75, 3.05) is 6.54 Å². The number of carbonyl (C=O) groups excluding carboxylic acids is 2. The highest BCUT2D eigenvalue weighted by atomic mass is 16.2. The Morgan fingerprint density at radius 3 is 3.00 bits per heavy atom. The van der Waals surface area contributed by atoms with Gasteiger partial charge in [0.15, 0.2) is 0 Å². The summed E-state index contributed by atoms with van der Waals surface area (Å²) in [5, 5.41) is 2.88. The van der Waals surface area contributed by atoms with Crippen LogP contribution in [0.1, 0.15) is 31.7 Å². The van der Waals surface area contributed by atoms with Crippen LogP contribution in [0.15, 0.2) is 24.5 Å². The summed E-state index contributed by atoms with van der Waals surface area (Å²) in [7, 11) is 0. The predicted octanol–water partition coefficient (Wildman–Crippen LogP) is 1.10. The smallest absolute Gasteiger partial charge is 0.243 e. The van der Waals surface area contributed by atoms with Crippen LogP contribution in [0.3, 0.4) is 0 Å². The number of likely N-dealkylation sites (tertiary alicyclic amines) is 1. The summed E-state index contributed by atoms with van der Waals surface area (Å²) >= 11 is 0. The van der Waals surface area contributed by atoms with Crippen molar-refractivity contribution in [3.05, 3.63) is 30.1 Å². The van der Waals surface area contributed by atoms with Gasteiger partial charge in [-0.05, 0) is 30.9 Å². The normalized spacial score (nSPS) is 19.0. The van der Waals surface area contributed by atoms with E-state index in [1.807, 2.05) is 12.1 Å². The van der Waals surface area contributed by atoms with Gasteiger partial charge in [0.05, 0.1) is 0 Å². The first kappa shape index (κ1) is 13.5. The summed E-state index contributed by atoms with van der Waals surface area (Å²) in [4.78, 5) is 29.4. The van der Waals surface area contributed by atoms with Gasteiger partial charge in [-0.1, -0.05) is 6.07 Å². The van der Waals surface area contributed by atoms with E-state index in [4.69, 9.17) is 0 Å². The number of nitrogens with zero attached hydrogens (tertiary/aromatic N) is 2. The van der Waals surface area contributed by atoms with Gasteiger partial charge >= 0.3 is 0 Å². The number of piperidine rings is 1. The summed E-state index contributed by atoms with van der Waals surface area (Å²) in [6.07, 6.45) is 6.15. The van der Waals surface area contributed by atoms with E-state index in [2.05, 4.69) is 10.3 Å². The number of hydrogen-bond donors (Lipinski definition) is 1. The van der Waals surface area contributed by atoms with Gasteiger partial charge in [-0.3, -0.25) is 14.6 Å². The van der Waals surface area contributed by atoms with Crippen LogP contribution in [0.25, 0.3) is 0 Å². The van der Waals surface area contributed by atoms with E-state index in [0.29, 0.717) is 13.1 Å². The largest absolute Gasteiger partial charge is 0.350 e. The van der Waals surface area contributed by atoms with Crippen molar-refractivity contribution in [3.63, 3.8) is 0 Å². The zero-order chi connectivity index (χ0) is 13.7. The molecule has 0 radical (unpaired) electrons. The van der Waals surface area contributed by atoms with Crippen molar-refractivity contribution < 1.29 is 9.59 Å². The van der Waals surface area contributed by atoms with Gasteiger partial charge in [0.1, 0.15) is 6.04 Å². The molecule has 5 heteroatoms. The van der Waals surface area contributed by atoms with E-state index in [9.17, 15) is 9.59 Å². The lowest BCUT2D eigenvalue weighted by Gasteiger charge is -2.33. The highest BCUT2D eigenvalue weighted by Crippen LogP contribution is 2.17. The van der Waals surface area contributed by atoms with Gasteiger partial charge < -0.3 is 10.2 Å². The zero-order valence-corrected chi connectivity index (χ0v) is 11.1. The molecule has 1 atom stereocenters. The summed E-state index contributed by atoms with van der Waals surface area (Å²) in [6.45, 7) is 2.65. The molecule has 0 bridgehead atoms. The Hall–Kier alpha value is -1.91. The van der Waals surface area contributed by atoms with Crippen LogP contribution in [0.5, 0.6) is 0 Å². The lowest BCUT2D eigenvalue weighted by Crippen LogP contribution is -2.51. The highest BCUT2D eigenvalue weighted by Gasteiger charge is 2.29. The van der Waals surface area contributed by atoms with E-state index in [1.54, 1.807) is 17.3 Å². The predicted molar refractivity (Wildman–Crippen MR) is 71.1 cm³/mol. The van der Waals surface area contributed by atoms with Gasteiger partial charge in [-0.15, -0.1) is 0 Å². The molecule has 0 aromatic carbocycles. The molecule has 0 saturated carbocycles. The van der Waals surface area contributed by atoms with Crippen molar-refractivity contribution in [2.45, 2.75) is 38.8 Å². The van der Waals surface area contributed by atoms with Gasteiger partial charge in [0, 0.05) is 32.4 Å². The van der Waals surface area contributed by atoms with E-state index < -0.39 is 0 Å². The minimum atomic E-state index is -0.317. The molecule has 102 valence electrons. The summed E-state index contributed by atoms with van der Waals surface area (Å²) < 4.78 is 0. The number of carbonyl (C=O) groups is 2. The van der Waals surface area contributed by atoms with Crippen molar-refractivity contribution in [1.82, 2.24) is 15.2 Å². The van der Waals surface area contributed by atoms with Gasteiger partial charge in [-0.25, -0.2) is 0 Å². The SMILES string of the molecule is CC(=O)N1CCCCC1C(=O)NCc1cccnc1. The zero-order valence-electron chi connectivity index (χ0n) is 11.1. The fraction of sp³-hybridized carbons (Fsp3) is 0.500. The van der Waals surface area contributed by atoms with Crippen molar-refractivity contribution in [2.24, 2.45) is 0 Å². The highest BCUT2D eigenvalue weighted by molar-refractivity contribution is 5.87.